The Bertz CT molecular complexity index is 381. The third-order valence-electron chi connectivity index (χ3n) is 2.22. The van der Waals surface area contributed by atoms with Gasteiger partial charge < -0.3 is 15.2 Å². The smallest absolute Gasteiger partial charge is 0.307 e. The number of carbonyl (C=O) groups is 1. The topological polar surface area (TPSA) is 61.5 Å². The first-order valence-corrected chi connectivity index (χ1v) is 5.53. The summed E-state index contributed by atoms with van der Waals surface area (Å²) >= 11 is 3.36. The molecule has 2 N–H and O–H groups in total. The van der Waals surface area contributed by atoms with Gasteiger partial charge in [-0.2, -0.15) is 0 Å². The van der Waals surface area contributed by atoms with Crippen LogP contribution in [-0.2, 0) is 9.53 Å². The fourth-order valence-corrected chi connectivity index (χ4v) is 1.85. The highest BCUT2D eigenvalue weighted by Gasteiger charge is 2.13. The fourth-order valence-electron chi connectivity index (χ4n) is 1.29. The lowest BCUT2D eigenvalue weighted by Gasteiger charge is -2.12. The van der Waals surface area contributed by atoms with Gasteiger partial charge in [0.1, 0.15) is 5.75 Å². The van der Waals surface area contributed by atoms with E-state index < -0.39 is 0 Å². The van der Waals surface area contributed by atoms with Gasteiger partial charge in [0.15, 0.2) is 0 Å². The first kappa shape index (κ1) is 13.0. The highest BCUT2D eigenvalue weighted by Crippen LogP contribution is 2.28. The molecule has 1 unspecified atom stereocenters. The maximum Gasteiger partial charge on any atom is 0.307 e. The van der Waals surface area contributed by atoms with Gasteiger partial charge in [0.05, 0.1) is 25.1 Å². The van der Waals surface area contributed by atoms with Gasteiger partial charge in [-0.25, -0.2) is 0 Å². The maximum atomic E-state index is 11.1. The lowest BCUT2D eigenvalue weighted by atomic mass is 10.0. The molecule has 0 saturated heterocycles. The Morgan fingerprint density at radius 3 is 2.69 bits per heavy atom. The summed E-state index contributed by atoms with van der Waals surface area (Å²) in [4.78, 5) is 11.1. The fraction of sp³-hybridized carbons (Fsp3) is 0.364. The molecule has 0 heterocycles. The number of nitrogens with two attached hydrogens (primary N) is 1. The van der Waals surface area contributed by atoms with E-state index in [9.17, 15) is 4.79 Å². The standard InChI is InChI=1S/C11H14BrNO3/c1-15-10-4-3-7(5-8(10)12)9(13)6-11(14)16-2/h3-5,9H,6,13H2,1-2H3. The zero-order valence-electron chi connectivity index (χ0n) is 9.20. The van der Waals surface area contributed by atoms with Crippen molar-refractivity contribution in [3.05, 3.63) is 28.2 Å². The molecule has 0 aliphatic carbocycles. The molecule has 0 fully saturated rings. The van der Waals surface area contributed by atoms with Crippen LogP contribution in [0.15, 0.2) is 22.7 Å². The first-order valence-electron chi connectivity index (χ1n) is 4.74. The van der Waals surface area contributed by atoms with E-state index in [1.807, 2.05) is 12.1 Å². The van der Waals surface area contributed by atoms with Crippen molar-refractivity contribution in [3.63, 3.8) is 0 Å². The van der Waals surface area contributed by atoms with Gasteiger partial charge in [0, 0.05) is 6.04 Å². The predicted molar refractivity (Wildman–Crippen MR) is 64.3 cm³/mol. The molecule has 0 spiro atoms. The van der Waals surface area contributed by atoms with Gasteiger partial charge in [-0.15, -0.1) is 0 Å². The average Bonchev–Trinajstić information content (AvgIpc) is 2.28. The van der Waals surface area contributed by atoms with Crippen molar-refractivity contribution in [2.45, 2.75) is 12.5 Å². The SMILES string of the molecule is COC(=O)CC(N)c1ccc(OC)c(Br)c1. The van der Waals surface area contributed by atoms with Crippen molar-refractivity contribution in [1.29, 1.82) is 0 Å². The number of rotatable bonds is 4. The van der Waals surface area contributed by atoms with E-state index in [0.717, 1.165) is 15.8 Å². The Morgan fingerprint density at radius 1 is 1.50 bits per heavy atom. The lowest BCUT2D eigenvalue weighted by molar-refractivity contribution is -0.141. The highest BCUT2D eigenvalue weighted by atomic mass is 79.9. The average molecular weight is 288 g/mol. The monoisotopic (exact) mass is 287 g/mol. The molecular weight excluding hydrogens is 274 g/mol. The van der Waals surface area contributed by atoms with Crippen LogP contribution >= 0.6 is 15.9 Å². The zero-order chi connectivity index (χ0) is 12.1. The van der Waals surface area contributed by atoms with Gasteiger partial charge in [-0.1, -0.05) is 6.07 Å². The van der Waals surface area contributed by atoms with E-state index in [1.54, 1.807) is 13.2 Å². The molecule has 1 aromatic carbocycles. The largest absolute Gasteiger partial charge is 0.496 e. The molecule has 1 atom stereocenters. The molecule has 0 bridgehead atoms. The summed E-state index contributed by atoms with van der Waals surface area (Å²) in [6.45, 7) is 0. The summed E-state index contributed by atoms with van der Waals surface area (Å²) in [5.41, 5.74) is 6.73. The number of halogens is 1. The number of hydrogen-bond donors (Lipinski definition) is 1. The Kier molecular flexibility index (Phi) is 4.76. The second kappa shape index (κ2) is 5.86. The van der Waals surface area contributed by atoms with E-state index >= 15 is 0 Å². The quantitative estimate of drug-likeness (QED) is 0.861. The zero-order valence-corrected chi connectivity index (χ0v) is 10.8. The minimum Gasteiger partial charge on any atom is -0.496 e. The molecular formula is C11H14BrNO3. The van der Waals surface area contributed by atoms with Gasteiger partial charge in [0.2, 0.25) is 0 Å². The predicted octanol–water partition coefficient (Wildman–Crippen LogP) is 2.02. The van der Waals surface area contributed by atoms with E-state index in [-0.39, 0.29) is 18.4 Å². The van der Waals surface area contributed by atoms with Crippen LogP contribution < -0.4 is 10.5 Å². The summed E-state index contributed by atoms with van der Waals surface area (Å²) in [7, 11) is 2.94. The molecule has 16 heavy (non-hydrogen) atoms. The number of esters is 1. The molecule has 0 aliphatic heterocycles. The van der Waals surface area contributed by atoms with Crippen molar-refractivity contribution in [1.82, 2.24) is 0 Å². The lowest BCUT2D eigenvalue weighted by Crippen LogP contribution is -2.16. The molecule has 0 amide bonds. The first-order chi connectivity index (χ1) is 7.58. The van der Waals surface area contributed by atoms with E-state index in [4.69, 9.17) is 10.5 Å². The number of hydrogen-bond acceptors (Lipinski definition) is 4. The molecule has 5 heteroatoms. The molecule has 0 aliphatic rings. The van der Waals surface area contributed by atoms with E-state index in [1.165, 1.54) is 7.11 Å². The number of carbonyl (C=O) groups excluding carboxylic acids is 1. The van der Waals surface area contributed by atoms with Crippen LogP contribution in [0.4, 0.5) is 0 Å². The Hall–Kier alpha value is -1.07. The summed E-state index contributed by atoms with van der Waals surface area (Å²) in [6.07, 6.45) is 0.162. The van der Waals surface area contributed by atoms with Crippen LogP contribution in [0.1, 0.15) is 18.0 Å². The third-order valence-corrected chi connectivity index (χ3v) is 2.84. The van der Waals surface area contributed by atoms with Crippen molar-refractivity contribution in [2.24, 2.45) is 5.73 Å². The van der Waals surface area contributed by atoms with Crippen molar-refractivity contribution >= 4 is 21.9 Å². The van der Waals surface area contributed by atoms with Crippen molar-refractivity contribution < 1.29 is 14.3 Å². The molecule has 0 aromatic heterocycles. The minimum absolute atomic E-state index is 0.162. The number of methoxy groups -OCH3 is 2. The summed E-state index contributed by atoms with van der Waals surface area (Å²) in [6, 6.07) is 5.11. The molecule has 88 valence electrons. The number of benzene rings is 1. The molecule has 0 saturated carbocycles. The molecule has 1 aromatic rings. The second-order valence-corrected chi connectivity index (χ2v) is 4.14. The van der Waals surface area contributed by atoms with Crippen molar-refractivity contribution in [2.75, 3.05) is 14.2 Å². The third kappa shape index (κ3) is 3.21. The molecule has 1 rings (SSSR count). The maximum absolute atomic E-state index is 11.1. The summed E-state index contributed by atoms with van der Waals surface area (Å²) in [5, 5.41) is 0. The van der Waals surface area contributed by atoms with E-state index in [0.29, 0.717) is 0 Å². The van der Waals surface area contributed by atoms with E-state index in [2.05, 4.69) is 20.7 Å². The Labute approximate surface area is 103 Å². The van der Waals surface area contributed by atoms with Gasteiger partial charge in [-0.3, -0.25) is 4.79 Å². The Balaban J connectivity index is 2.80. The van der Waals surface area contributed by atoms with Crippen molar-refractivity contribution in [3.8, 4) is 5.75 Å². The molecule has 4 nitrogen and oxygen atoms in total. The summed E-state index contributed by atoms with van der Waals surface area (Å²) < 4.78 is 10.5. The summed E-state index contributed by atoms with van der Waals surface area (Å²) in [5.74, 6) is 0.411. The van der Waals surface area contributed by atoms with Crippen LogP contribution in [-0.4, -0.2) is 20.2 Å². The second-order valence-electron chi connectivity index (χ2n) is 3.28. The minimum atomic E-state index is -0.366. The van der Waals surface area contributed by atoms with Crippen LogP contribution in [0.3, 0.4) is 0 Å². The molecule has 0 radical (unpaired) electrons. The van der Waals surface area contributed by atoms with Crippen LogP contribution in [0, 0.1) is 0 Å². The van der Waals surface area contributed by atoms with Crippen LogP contribution in [0.25, 0.3) is 0 Å². The van der Waals surface area contributed by atoms with Gasteiger partial charge in [0.25, 0.3) is 0 Å². The van der Waals surface area contributed by atoms with Crippen LogP contribution in [0.2, 0.25) is 0 Å². The van der Waals surface area contributed by atoms with Gasteiger partial charge >= 0.3 is 5.97 Å². The highest BCUT2D eigenvalue weighted by molar-refractivity contribution is 9.10. The normalized spacial score (nSPS) is 12.0. The number of ether oxygens (including phenoxy) is 2. The van der Waals surface area contributed by atoms with Gasteiger partial charge in [-0.05, 0) is 33.6 Å². The Morgan fingerprint density at radius 2 is 2.19 bits per heavy atom. The van der Waals surface area contributed by atoms with Crippen LogP contribution in [0.5, 0.6) is 5.75 Å².